The molecular formula is C16H24FNO. The van der Waals surface area contributed by atoms with Crippen molar-refractivity contribution in [2.24, 2.45) is 5.41 Å². The van der Waals surface area contributed by atoms with Gasteiger partial charge in [0, 0.05) is 26.3 Å². The Morgan fingerprint density at radius 2 is 2.21 bits per heavy atom. The van der Waals surface area contributed by atoms with Crippen LogP contribution in [-0.4, -0.2) is 20.3 Å². The Kier molecular flexibility index (Phi) is 4.58. The van der Waals surface area contributed by atoms with Gasteiger partial charge in [0.05, 0.1) is 0 Å². The molecule has 0 aromatic heterocycles. The molecule has 3 heteroatoms. The van der Waals surface area contributed by atoms with Crippen LogP contribution in [0.5, 0.6) is 0 Å². The molecule has 0 heterocycles. The monoisotopic (exact) mass is 265 g/mol. The summed E-state index contributed by atoms with van der Waals surface area (Å²) in [5.74, 6) is -0.0551. The molecule has 0 fully saturated rings. The summed E-state index contributed by atoms with van der Waals surface area (Å²) in [6.07, 6.45) is 2.87. The van der Waals surface area contributed by atoms with Crippen LogP contribution in [0.15, 0.2) is 18.2 Å². The quantitative estimate of drug-likeness (QED) is 0.850. The molecule has 1 aromatic carbocycles. The smallest absolute Gasteiger partial charge is 0.126 e. The zero-order chi connectivity index (χ0) is 13.9. The first kappa shape index (κ1) is 14.5. The highest BCUT2D eigenvalue weighted by molar-refractivity contribution is 5.35. The van der Waals surface area contributed by atoms with E-state index in [1.807, 2.05) is 12.1 Å². The number of fused-ring (bicyclic) bond motifs is 1. The summed E-state index contributed by atoms with van der Waals surface area (Å²) >= 11 is 0. The number of rotatable bonds is 6. The first-order valence-electron chi connectivity index (χ1n) is 7.03. The molecule has 19 heavy (non-hydrogen) atoms. The summed E-state index contributed by atoms with van der Waals surface area (Å²) in [4.78, 5) is 0. The van der Waals surface area contributed by atoms with E-state index in [1.54, 1.807) is 13.2 Å². The molecule has 0 radical (unpaired) electrons. The molecule has 0 aliphatic heterocycles. The second-order valence-corrected chi connectivity index (χ2v) is 6.19. The van der Waals surface area contributed by atoms with Gasteiger partial charge >= 0.3 is 0 Å². The summed E-state index contributed by atoms with van der Waals surface area (Å²) in [6, 6.07) is 5.71. The van der Waals surface area contributed by atoms with E-state index in [-0.39, 0.29) is 11.2 Å². The first-order valence-corrected chi connectivity index (χ1v) is 7.03. The lowest BCUT2D eigenvalue weighted by atomic mass is 9.89. The average Bonchev–Trinajstić information content (AvgIpc) is 2.79. The molecule has 0 saturated heterocycles. The minimum absolute atomic E-state index is 0.0551. The normalized spacial score (nSPS) is 18.6. The van der Waals surface area contributed by atoms with Gasteiger partial charge in [0.1, 0.15) is 5.82 Å². The van der Waals surface area contributed by atoms with Crippen LogP contribution in [-0.2, 0) is 11.2 Å². The molecule has 1 aliphatic rings. The van der Waals surface area contributed by atoms with Crippen LogP contribution >= 0.6 is 0 Å². The topological polar surface area (TPSA) is 21.3 Å². The highest BCUT2D eigenvalue weighted by Crippen LogP contribution is 2.33. The Hall–Kier alpha value is -0.930. The Labute approximate surface area is 115 Å². The number of ether oxygens (including phenoxy) is 1. The first-order chi connectivity index (χ1) is 9.03. The third kappa shape index (κ3) is 3.54. The van der Waals surface area contributed by atoms with Crippen LogP contribution in [0.3, 0.4) is 0 Å². The van der Waals surface area contributed by atoms with Crippen molar-refractivity contribution in [3.8, 4) is 0 Å². The Morgan fingerprint density at radius 1 is 1.42 bits per heavy atom. The fraction of sp³-hybridized carbons (Fsp3) is 0.625. The van der Waals surface area contributed by atoms with E-state index < -0.39 is 0 Å². The van der Waals surface area contributed by atoms with E-state index in [0.29, 0.717) is 6.04 Å². The van der Waals surface area contributed by atoms with Gasteiger partial charge in [0.2, 0.25) is 0 Å². The van der Waals surface area contributed by atoms with Gasteiger partial charge < -0.3 is 10.1 Å². The predicted octanol–water partition coefficient (Wildman–Crippen LogP) is 3.47. The molecule has 106 valence electrons. The largest absolute Gasteiger partial charge is 0.385 e. The maximum atomic E-state index is 13.7. The zero-order valence-corrected chi connectivity index (χ0v) is 12.1. The molecule has 0 amide bonds. The molecule has 1 N–H and O–H groups in total. The van der Waals surface area contributed by atoms with Gasteiger partial charge in [-0.3, -0.25) is 0 Å². The number of nitrogens with one attached hydrogen (secondary N) is 1. The van der Waals surface area contributed by atoms with Crippen molar-refractivity contribution in [2.75, 3.05) is 20.3 Å². The van der Waals surface area contributed by atoms with Gasteiger partial charge in [-0.2, -0.15) is 0 Å². The standard InChI is InChI=1S/C16H24FNO/c1-16(2,9-10-19-3)11-18-15-8-7-12-13(15)5-4-6-14(12)17/h4-6,15,18H,7-11H2,1-3H3. The van der Waals surface area contributed by atoms with Gasteiger partial charge in [-0.15, -0.1) is 0 Å². The number of hydrogen-bond donors (Lipinski definition) is 1. The van der Waals surface area contributed by atoms with Gasteiger partial charge in [-0.1, -0.05) is 26.0 Å². The van der Waals surface area contributed by atoms with Gasteiger partial charge in [-0.05, 0) is 41.9 Å². The maximum absolute atomic E-state index is 13.7. The lowest BCUT2D eigenvalue weighted by Crippen LogP contribution is -2.32. The van der Waals surface area contributed by atoms with Crippen LogP contribution in [0.25, 0.3) is 0 Å². The average molecular weight is 265 g/mol. The number of benzene rings is 1. The third-order valence-corrected chi connectivity index (χ3v) is 4.02. The van der Waals surface area contributed by atoms with Gasteiger partial charge in [0.25, 0.3) is 0 Å². The van der Waals surface area contributed by atoms with Crippen LogP contribution in [0, 0.1) is 11.2 Å². The number of hydrogen-bond acceptors (Lipinski definition) is 2. The van der Waals surface area contributed by atoms with Gasteiger partial charge in [0.15, 0.2) is 0 Å². The van der Waals surface area contributed by atoms with Gasteiger partial charge in [-0.25, -0.2) is 4.39 Å². The zero-order valence-electron chi connectivity index (χ0n) is 12.1. The van der Waals surface area contributed by atoms with E-state index in [2.05, 4.69) is 19.2 Å². The Balaban J connectivity index is 1.94. The number of methoxy groups -OCH3 is 1. The summed E-state index contributed by atoms with van der Waals surface area (Å²) in [5.41, 5.74) is 2.24. The van der Waals surface area contributed by atoms with Crippen molar-refractivity contribution in [3.63, 3.8) is 0 Å². The number of halogens is 1. The van der Waals surface area contributed by atoms with E-state index in [9.17, 15) is 4.39 Å². The highest BCUT2D eigenvalue weighted by atomic mass is 19.1. The summed E-state index contributed by atoms with van der Waals surface area (Å²) in [5, 5.41) is 3.59. The van der Waals surface area contributed by atoms with Crippen molar-refractivity contribution >= 4 is 0 Å². The molecule has 2 rings (SSSR count). The third-order valence-electron chi connectivity index (χ3n) is 4.02. The molecule has 1 unspecified atom stereocenters. The minimum atomic E-state index is -0.0551. The summed E-state index contributed by atoms with van der Waals surface area (Å²) in [6.45, 7) is 6.18. The van der Waals surface area contributed by atoms with E-state index in [0.717, 1.165) is 43.5 Å². The van der Waals surface area contributed by atoms with E-state index in [1.165, 1.54) is 0 Å². The van der Waals surface area contributed by atoms with Crippen molar-refractivity contribution in [1.82, 2.24) is 5.32 Å². The molecule has 1 aromatic rings. The second-order valence-electron chi connectivity index (χ2n) is 6.19. The lowest BCUT2D eigenvalue weighted by molar-refractivity contribution is 0.149. The van der Waals surface area contributed by atoms with Crippen molar-refractivity contribution in [2.45, 2.75) is 39.2 Å². The van der Waals surface area contributed by atoms with Crippen LogP contribution in [0.4, 0.5) is 4.39 Å². The molecule has 0 bridgehead atoms. The molecular weight excluding hydrogens is 241 g/mol. The van der Waals surface area contributed by atoms with Crippen molar-refractivity contribution in [3.05, 3.63) is 35.1 Å². The van der Waals surface area contributed by atoms with Crippen molar-refractivity contribution in [1.29, 1.82) is 0 Å². The predicted molar refractivity (Wildman–Crippen MR) is 75.7 cm³/mol. The second kappa shape index (κ2) is 6.02. The Bertz CT molecular complexity index is 431. The Morgan fingerprint density at radius 3 is 2.95 bits per heavy atom. The molecule has 0 saturated carbocycles. The maximum Gasteiger partial charge on any atom is 0.126 e. The van der Waals surface area contributed by atoms with Crippen LogP contribution < -0.4 is 5.32 Å². The van der Waals surface area contributed by atoms with Crippen LogP contribution in [0.2, 0.25) is 0 Å². The van der Waals surface area contributed by atoms with E-state index >= 15 is 0 Å². The minimum Gasteiger partial charge on any atom is -0.385 e. The van der Waals surface area contributed by atoms with Crippen LogP contribution in [0.1, 0.15) is 43.9 Å². The molecule has 2 nitrogen and oxygen atoms in total. The van der Waals surface area contributed by atoms with Crippen molar-refractivity contribution < 1.29 is 9.13 Å². The SMILES string of the molecule is COCCC(C)(C)CNC1CCc2c(F)cccc21. The molecule has 0 spiro atoms. The molecule has 1 aliphatic carbocycles. The summed E-state index contributed by atoms with van der Waals surface area (Å²) < 4.78 is 18.8. The fourth-order valence-electron chi connectivity index (χ4n) is 2.69. The van der Waals surface area contributed by atoms with E-state index in [4.69, 9.17) is 4.74 Å². The summed E-state index contributed by atoms with van der Waals surface area (Å²) in [7, 11) is 1.74. The lowest BCUT2D eigenvalue weighted by Gasteiger charge is -2.27. The highest BCUT2D eigenvalue weighted by Gasteiger charge is 2.26. The fourth-order valence-corrected chi connectivity index (χ4v) is 2.69. The molecule has 1 atom stereocenters.